The van der Waals surface area contributed by atoms with Gasteiger partial charge in [0.05, 0.1) is 24.5 Å². The Bertz CT molecular complexity index is 615. The molecule has 3 rings (SSSR count). The molecule has 7 nitrogen and oxygen atoms in total. The zero-order chi connectivity index (χ0) is 16.4. The van der Waals surface area contributed by atoms with Crippen molar-refractivity contribution in [2.75, 3.05) is 32.8 Å². The first-order valence-corrected chi connectivity index (χ1v) is 8.00. The van der Waals surface area contributed by atoms with Crippen molar-refractivity contribution in [1.82, 2.24) is 19.8 Å². The van der Waals surface area contributed by atoms with Gasteiger partial charge in [-0.25, -0.2) is 9.97 Å². The zero-order valence-corrected chi connectivity index (χ0v) is 13.6. The fraction of sp³-hybridized carbons (Fsp3) is 0.625. The molecule has 0 saturated carbocycles. The predicted octanol–water partition coefficient (Wildman–Crippen LogP) is 0.639. The second-order valence-electron chi connectivity index (χ2n) is 6.26. The summed E-state index contributed by atoms with van der Waals surface area (Å²) in [5, 5.41) is 0. The van der Waals surface area contributed by atoms with Crippen LogP contribution in [0, 0.1) is 6.92 Å². The lowest BCUT2D eigenvalue weighted by Gasteiger charge is -2.39. The molecule has 0 bridgehead atoms. The van der Waals surface area contributed by atoms with Crippen molar-refractivity contribution in [1.29, 1.82) is 0 Å². The van der Waals surface area contributed by atoms with Gasteiger partial charge in [0.2, 0.25) is 5.91 Å². The number of aromatic nitrogens is 2. The van der Waals surface area contributed by atoms with E-state index in [0.717, 1.165) is 6.42 Å². The molecule has 2 aliphatic heterocycles. The average molecular weight is 318 g/mol. The highest BCUT2D eigenvalue weighted by molar-refractivity contribution is 6.00. The van der Waals surface area contributed by atoms with Crippen LogP contribution in [0.3, 0.4) is 0 Å². The maximum Gasteiger partial charge on any atom is 0.258 e. The number of hydrogen-bond donors (Lipinski definition) is 0. The lowest BCUT2D eigenvalue weighted by Crippen LogP contribution is -2.58. The van der Waals surface area contributed by atoms with Crippen LogP contribution in [0.2, 0.25) is 0 Å². The van der Waals surface area contributed by atoms with Gasteiger partial charge in [0.25, 0.3) is 5.91 Å². The molecule has 0 spiro atoms. The zero-order valence-electron chi connectivity index (χ0n) is 13.6. The van der Waals surface area contributed by atoms with E-state index in [-0.39, 0.29) is 11.8 Å². The number of nitrogens with zero attached hydrogens (tertiary/aromatic N) is 4. The monoisotopic (exact) mass is 318 g/mol. The Hall–Kier alpha value is -2.02. The molecule has 1 aromatic heterocycles. The summed E-state index contributed by atoms with van der Waals surface area (Å²) in [5.41, 5.74) is 0.310. The molecule has 2 fully saturated rings. The molecular weight excluding hydrogens is 296 g/mol. The highest BCUT2D eigenvalue weighted by Crippen LogP contribution is 2.32. The highest BCUT2D eigenvalue weighted by atomic mass is 16.5. The Balaban J connectivity index is 1.85. The largest absolute Gasteiger partial charge is 0.378 e. The van der Waals surface area contributed by atoms with Gasteiger partial charge in [0.15, 0.2) is 0 Å². The fourth-order valence-corrected chi connectivity index (χ4v) is 3.36. The first-order valence-electron chi connectivity index (χ1n) is 8.00. The topological polar surface area (TPSA) is 75.6 Å². The van der Waals surface area contributed by atoms with Crippen molar-refractivity contribution in [3.63, 3.8) is 0 Å². The number of morpholine rings is 1. The standard InChI is InChI=1S/C16H22N4O3/c1-12-13(10-17-11-18-12)14(21)20-5-3-4-16(20,2)15(22)19-6-8-23-9-7-19/h10-11H,3-9H2,1-2H3/t16-/m0/s1. The minimum absolute atomic E-state index is 0.0150. The third kappa shape index (κ3) is 2.81. The third-order valence-electron chi connectivity index (χ3n) is 4.79. The summed E-state index contributed by atoms with van der Waals surface area (Å²) >= 11 is 0. The van der Waals surface area contributed by atoms with Gasteiger partial charge < -0.3 is 14.5 Å². The molecule has 2 amide bonds. The van der Waals surface area contributed by atoms with Gasteiger partial charge in [-0.05, 0) is 26.7 Å². The van der Waals surface area contributed by atoms with E-state index in [9.17, 15) is 9.59 Å². The van der Waals surface area contributed by atoms with Crippen LogP contribution in [-0.2, 0) is 9.53 Å². The average Bonchev–Trinajstić information content (AvgIpc) is 2.98. The second-order valence-corrected chi connectivity index (χ2v) is 6.26. The molecule has 1 atom stereocenters. The van der Waals surface area contributed by atoms with E-state index in [4.69, 9.17) is 4.74 Å². The first kappa shape index (κ1) is 15.9. The predicted molar refractivity (Wildman–Crippen MR) is 82.8 cm³/mol. The smallest absolute Gasteiger partial charge is 0.258 e. The van der Waals surface area contributed by atoms with Gasteiger partial charge in [-0.2, -0.15) is 0 Å². The summed E-state index contributed by atoms with van der Waals surface area (Å²) in [5.74, 6) is -0.147. The van der Waals surface area contributed by atoms with Crippen LogP contribution < -0.4 is 0 Å². The van der Waals surface area contributed by atoms with Crippen molar-refractivity contribution in [2.45, 2.75) is 32.2 Å². The van der Waals surface area contributed by atoms with Crippen molar-refractivity contribution >= 4 is 11.8 Å². The van der Waals surface area contributed by atoms with E-state index < -0.39 is 5.54 Å². The van der Waals surface area contributed by atoms with Crippen LogP contribution in [0.4, 0.5) is 0 Å². The van der Waals surface area contributed by atoms with Crippen LogP contribution in [-0.4, -0.2) is 70.0 Å². The van der Waals surface area contributed by atoms with Crippen LogP contribution in [0.15, 0.2) is 12.5 Å². The van der Waals surface area contributed by atoms with Crippen molar-refractivity contribution in [3.8, 4) is 0 Å². The SMILES string of the molecule is Cc1ncncc1C(=O)N1CCC[C@@]1(C)C(=O)N1CCOCC1. The summed E-state index contributed by atoms with van der Waals surface area (Å²) < 4.78 is 5.31. The Morgan fingerprint density at radius 2 is 2.00 bits per heavy atom. The number of likely N-dealkylation sites (tertiary alicyclic amines) is 1. The van der Waals surface area contributed by atoms with E-state index in [1.807, 2.05) is 11.8 Å². The molecule has 23 heavy (non-hydrogen) atoms. The van der Waals surface area contributed by atoms with Gasteiger partial charge in [-0.15, -0.1) is 0 Å². The van der Waals surface area contributed by atoms with Crippen molar-refractivity contribution in [2.24, 2.45) is 0 Å². The number of hydrogen-bond acceptors (Lipinski definition) is 5. The molecule has 1 aromatic rings. The molecule has 2 saturated heterocycles. The van der Waals surface area contributed by atoms with Gasteiger partial charge in [-0.1, -0.05) is 0 Å². The lowest BCUT2D eigenvalue weighted by atomic mass is 9.95. The van der Waals surface area contributed by atoms with Crippen LogP contribution in [0.25, 0.3) is 0 Å². The first-order chi connectivity index (χ1) is 11.0. The Labute approximate surface area is 135 Å². The Morgan fingerprint density at radius 1 is 1.26 bits per heavy atom. The van der Waals surface area contributed by atoms with Crippen LogP contribution in [0.5, 0.6) is 0 Å². The number of aryl methyl sites for hydroxylation is 1. The minimum Gasteiger partial charge on any atom is -0.378 e. The van der Waals surface area contributed by atoms with Crippen molar-refractivity contribution < 1.29 is 14.3 Å². The molecule has 0 aliphatic carbocycles. The number of rotatable bonds is 2. The molecule has 0 unspecified atom stereocenters. The van der Waals surface area contributed by atoms with Crippen LogP contribution >= 0.6 is 0 Å². The van der Waals surface area contributed by atoms with Crippen molar-refractivity contribution in [3.05, 3.63) is 23.8 Å². The summed E-state index contributed by atoms with van der Waals surface area (Å²) in [4.78, 5) is 37.5. The normalized spacial score (nSPS) is 24.8. The van der Waals surface area contributed by atoms with Gasteiger partial charge in [0.1, 0.15) is 11.9 Å². The number of carbonyl (C=O) groups is 2. The van der Waals surface area contributed by atoms with Gasteiger partial charge in [0, 0.05) is 25.8 Å². The highest BCUT2D eigenvalue weighted by Gasteiger charge is 2.48. The Kier molecular flexibility index (Phi) is 4.30. The second kappa shape index (κ2) is 6.23. The van der Waals surface area contributed by atoms with Gasteiger partial charge >= 0.3 is 0 Å². The van der Waals surface area contributed by atoms with Gasteiger partial charge in [-0.3, -0.25) is 9.59 Å². The maximum absolute atomic E-state index is 13.0. The molecule has 7 heteroatoms. The lowest BCUT2D eigenvalue weighted by molar-refractivity contribution is -0.144. The molecular formula is C16H22N4O3. The maximum atomic E-state index is 13.0. The summed E-state index contributed by atoms with van der Waals surface area (Å²) in [6, 6.07) is 0. The van der Waals surface area contributed by atoms with E-state index in [2.05, 4.69) is 9.97 Å². The molecule has 3 heterocycles. The third-order valence-corrected chi connectivity index (χ3v) is 4.79. The summed E-state index contributed by atoms with van der Waals surface area (Å²) in [6.07, 6.45) is 4.46. The molecule has 0 radical (unpaired) electrons. The molecule has 0 N–H and O–H groups in total. The number of carbonyl (C=O) groups excluding carboxylic acids is 2. The number of amides is 2. The minimum atomic E-state index is -0.795. The molecule has 2 aliphatic rings. The molecule has 124 valence electrons. The fourth-order valence-electron chi connectivity index (χ4n) is 3.36. The quantitative estimate of drug-likeness (QED) is 0.800. The van der Waals surface area contributed by atoms with E-state index in [1.54, 1.807) is 11.8 Å². The number of ether oxygens (including phenoxy) is 1. The summed E-state index contributed by atoms with van der Waals surface area (Å²) in [6.45, 7) is 6.53. The van der Waals surface area contributed by atoms with E-state index in [1.165, 1.54) is 12.5 Å². The van der Waals surface area contributed by atoms with Crippen LogP contribution in [0.1, 0.15) is 35.8 Å². The molecule has 0 aromatic carbocycles. The van der Waals surface area contributed by atoms with E-state index in [0.29, 0.717) is 50.5 Å². The summed E-state index contributed by atoms with van der Waals surface area (Å²) in [7, 11) is 0. The Morgan fingerprint density at radius 3 is 2.70 bits per heavy atom. The van der Waals surface area contributed by atoms with E-state index >= 15 is 0 Å².